The highest BCUT2D eigenvalue weighted by atomic mass is 32.2. The van der Waals surface area contributed by atoms with Gasteiger partial charge in [-0.15, -0.1) is 21.5 Å². The number of thiophene rings is 1. The van der Waals surface area contributed by atoms with Gasteiger partial charge in [0.15, 0.2) is 11.0 Å². The predicted octanol–water partition coefficient (Wildman–Crippen LogP) is 5.56. The molecule has 0 aliphatic rings. The van der Waals surface area contributed by atoms with Gasteiger partial charge in [-0.3, -0.25) is 9.59 Å². The van der Waals surface area contributed by atoms with E-state index < -0.39 is 11.9 Å². The number of anilines is 1. The Morgan fingerprint density at radius 1 is 1.05 bits per heavy atom. The lowest BCUT2D eigenvalue weighted by molar-refractivity contribution is -0.113. The molecule has 0 spiro atoms. The number of carbonyl (C=O) groups is 3. The molecular formula is C30H28N6O4S2. The molecule has 0 saturated carbocycles. The van der Waals surface area contributed by atoms with Crippen molar-refractivity contribution in [1.29, 1.82) is 0 Å². The number of aromatic nitrogens is 4. The standard InChI is InChI=1S/C30H28N6O4S2/c1-4-36-27(20-15-22(18-11-7-6-8-12-18)32-21-14-10-9-13-19(20)21)34-35-30(36)41-16-23(37)33-28-24(29(39)40-5-2)17(3)25(42-28)26(31)38/h6-15H,4-5,16H2,1-3H3,(H2,31,38)(H,33,37). The summed E-state index contributed by atoms with van der Waals surface area (Å²) in [5.41, 5.74) is 9.52. The molecule has 0 atom stereocenters. The number of thioether (sulfide) groups is 1. The van der Waals surface area contributed by atoms with Gasteiger partial charge >= 0.3 is 5.97 Å². The quantitative estimate of drug-likeness (QED) is 0.157. The molecule has 3 heterocycles. The van der Waals surface area contributed by atoms with Gasteiger partial charge in [0, 0.05) is 23.1 Å². The van der Waals surface area contributed by atoms with Gasteiger partial charge in [0.25, 0.3) is 5.91 Å². The number of para-hydroxylation sites is 1. The second-order valence-corrected chi connectivity index (χ2v) is 11.1. The van der Waals surface area contributed by atoms with Gasteiger partial charge in [-0.2, -0.15) is 0 Å². The Labute approximate surface area is 250 Å². The molecule has 10 nitrogen and oxygen atoms in total. The molecule has 0 unspecified atom stereocenters. The fourth-order valence-electron chi connectivity index (χ4n) is 4.58. The largest absolute Gasteiger partial charge is 0.462 e. The number of fused-ring (bicyclic) bond motifs is 1. The van der Waals surface area contributed by atoms with Crippen LogP contribution in [-0.2, 0) is 16.1 Å². The number of amides is 2. The summed E-state index contributed by atoms with van der Waals surface area (Å²) in [6.45, 7) is 5.99. The number of primary amides is 1. The van der Waals surface area contributed by atoms with Gasteiger partial charge in [0.05, 0.1) is 34.0 Å². The van der Waals surface area contributed by atoms with Crippen molar-refractivity contribution in [2.45, 2.75) is 32.5 Å². The number of pyridine rings is 1. The van der Waals surface area contributed by atoms with Gasteiger partial charge in [-0.25, -0.2) is 9.78 Å². The summed E-state index contributed by atoms with van der Waals surface area (Å²) in [7, 11) is 0. The number of hydrogen-bond donors (Lipinski definition) is 2. The second-order valence-electron chi connectivity index (χ2n) is 9.17. The Balaban J connectivity index is 1.42. The van der Waals surface area contributed by atoms with Crippen LogP contribution in [0.25, 0.3) is 33.5 Å². The Kier molecular flexibility index (Phi) is 8.64. The summed E-state index contributed by atoms with van der Waals surface area (Å²) < 4.78 is 7.09. The molecule has 0 radical (unpaired) electrons. The normalized spacial score (nSPS) is 11.0. The zero-order valence-electron chi connectivity index (χ0n) is 23.2. The minimum atomic E-state index is -0.680. The molecule has 0 saturated heterocycles. The molecule has 3 N–H and O–H groups in total. The lowest BCUT2D eigenvalue weighted by Crippen LogP contribution is -2.17. The summed E-state index contributed by atoms with van der Waals surface area (Å²) >= 11 is 2.17. The molecule has 2 aromatic carbocycles. The van der Waals surface area contributed by atoms with Gasteiger partial charge in [-0.1, -0.05) is 60.3 Å². The number of hydrogen-bond acceptors (Lipinski definition) is 9. The third-order valence-corrected chi connectivity index (χ3v) is 8.68. The smallest absolute Gasteiger partial charge is 0.341 e. The molecular weight excluding hydrogens is 573 g/mol. The number of benzene rings is 2. The average Bonchev–Trinajstić information content (AvgIpc) is 3.56. The first-order valence-electron chi connectivity index (χ1n) is 13.2. The van der Waals surface area contributed by atoms with Crippen LogP contribution in [0.4, 0.5) is 5.00 Å². The van der Waals surface area contributed by atoms with Gasteiger partial charge in [0.2, 0.25) is 5.91 Å². The summed E-state index contributed by atoms with van der Waals surface area (Å²) in [4.78, 5) is 42.5. The van der Waals surface area contributed by atoms with E-state index in [1.165, 1.54) is 11.8 Å². The van der Waals surface area contributed by atoms with Crippen LogP contribution in [0.3, 0.4) is 0 Å². The van der Waals surface area contributed by atoms with E-state index in [0.717, 1.165) is 39.1 Å². The SMILES string of the molecule is CCOC(=O)c1c(NC(=O)CSc2nnc(-c3cc(-c4ccccc4)nc4ccccc34)n2CC)sc(C(N)=O)c1C. The molecule has 2 amide bonds. The first kappa shape index (κ1) is 29.0. The van der Waals surface area contributed by atoms with E-state index in [-0.39, 0.29) is 33.7 Å². The van der Waals surface area contributed by atoms with Gasteiger partial charge < -0.3 is 20.4 Å². The first-order valence-corrected chi connectivity index (χ1v) is 15.0. The number of nitrogens with two attached hydrogens (primary N) is 1. The van der Waals surface area contributed by atoms with Crippen LogP contribution in [0.1, 0.15) is 39.4 Å². The molecule has 12 heteroatoms. The average molecular weight is 601 g/mol. The molecule has 0 fully saturated rings. The highest BCUT2D eigenvalue weighted by Gasteiger charge is 2.26. The molecule has 5 aromatic rings. The maximum absolute atomic E-state index is 13.0. The van der Waals surface area contributed by atoms with Crippen LogP contribution in [-0.4, -0.2) is 49.9 Å². The highest BCUT2D eigenvalue weighted by Crippen LogP contribution is 2.35. The lowest BCUT2D eigenvalue weighted by atomic mass is 10.0. The number of nitrogens with one attached hydrogen (secondary N) is 1. The predicted molar refractivity (Wildman–Crippen MR) is 165 cm³/mol. The molecule has 42 heavy (non-hydrogen) atoms. The van der Waals surface area contributed by atoms with Crippen molar-refractivity contribution in [3.8, 4) is 22.6 Å². The zero-order chi connectivity index (χ0) is 29.8. The topological polar surface area (TPSA) is 142 Å². The van der Waals surface area contributed by atoms with Crippen molar-refractivity contribution in [1.82, 2.24) is 19.7 Å². The van der Waals surface area contributed by atoms with E-state index in [0.29, 0.717) is 23.1 Å². The van der Waals surface area contributed by atoms with E-state index in [1.807, 2.05) is 72.2 Å². The van der Waals surface area contributed by atoms with E-state index in [1.54, 1.807) is 13.8 Å². The Morgan fingerprint density at radius 3 is 2.50 bits per heavy atom. The fourth-order valence-corrected chi connectivity index (χ4v) is 6.44. The van der Waals surface area contributed by atoms with E-state index >= 15 is 0 Å². The molecule has 214 valence electrons. The van der Waals surface area contributed by atoms with Crippen LogP contribution in [0.5, 0.6) is 0 Å². The Hall–Kier alpha value is -4.55. The second kappa shape index (κ2) is 12.5. The zero-order valence-corrected chi connectivity index (χ0v) is 24.8. The van der Waals surface area contributed by atoms with E-state index in [2.05, 4.69) is 15.5 Å². The van der Waals surface area contributed by atoms with Crippen LogP contribution >= 0.6 is 23.1 Å². The first-order chi connectivity index (χ1) is 20.3. The number of rotatable bonds is 10. The maximum atomic E-state index is 13.0. The van der Waals surface area contributed by atoms with Crippen molar-refractivity contribution in [2.24, 2.45) is 5.73 Å². The number of nitrogens with zero attached hydrogens (tertiary/aromatic N) is 4. The molecule has 5 rings (SSSR count). The third kappa shape index (κ3) is 5.76. The van der Waals surface area contributed by atoms with Crippen molar-refractivity contribution in [3.63, 3.8) is 0 Å². The summed E-state index contributed by atoms with van der Waals surface area (Å²) in [5, 5.41) is 13.4. The number of esters is 1. The van der Waals surface area contributed by atoms with Crippen LogP contribution in [0.2, 0.25) is 0 Å². The van der Waals surface area contributed by atoms with Crippen molar-refractivity contribution < 1.29 is 19.1 Å². The molecule has 0 bridgehead atoms. The summed E-state index contributed by atoms with van der Waals surface area (Å²) in [6.07, 6.45) is 0. The lowest BCUT2D eigenvalue weighted by Gasteiger charge is -2.12. The minimum absolute atomic E-state index is 0.00436. The molecule has 0 aliphatic carbocycles. The van der Waals surface area contributed by atoms with Gasteiger partial charge in [-0.05, 0) is 38.5 Å². The van der Waals surface area contributed by atoms with Crippen molar-refractivity contribution >= 4 is 56.8 Å². The maximum Gasteiger partial charge on any atom is 0.341 e. The fraction of sp³-hybridized carbons (Fsp3) is 0.200. The number of ether oxygens (including phenoxy) is 1. The summed E-state index contributed by atoms with van der Waals surface area (Å²) in [5.74, 6) is -1.02. The van der Waals surface area contributed by atoms with E-state index in [4.69, 9.17) is 15.5 Å². The Morgan fingerprint density at radius 2 is 1.79 bits per heavy atom. The van der Waals surface area contributed by atoms with Crippen LogP contribution < -0.4 is 11.1 Å². The van der Waals surface area contributed by atoms with Gasteiger partial charge in [0.1, 0.15) is 5.00 Å². The molecule has 0 aliphatic heterocycles. The number of carbonyl (C=O) groups excluding carboxylic acids is 3. The third-order valence-electron chi connectivity index (χ3n) is 6.50. The summed E-state index contributed by atoms with van der Waals surface area (Å²) in [6, 6.07) is 19.8. The highest BCUT2D eigenvalue weighted by molar-refractivity contribution is 7.99. The van der Waals surface area contributed by atoms with E-state index in [9.17, 15) is 14.4 Å². The monoisotopic (exact) mass is 600 g/mol. The molecule has 3 aromatic heterocycles. The van der Waals surface area contributed by atoms with Crippen LogP contribution in [0.15, 0.2) is 65.8 Å². The Bertz CT molecular complexity index is 1800. The van der Waals surface area contributed by atoms with Crippen molar-refractivity contribution in [3.05, 3.63) is 76.7 Å². The van der Waals surface area contributed by atoms with Crippen molar-refractivity contribution in [2.75, 3.05) is 17.7 Å². The van der Waals surface area contributed by atoms with Crippen LogP contribution in [0, 0.1) is 6.92 Å². The minimum Gasteiger partial charge on any atom is -0.462 e.